The minimum Gasteiger partial charge on any atom is -0.341 e. The van der Waals surface area contributed by atoms with Crippen LogP contribution in [0.1, 0.15) is 24.2 Å². The number of amides is 1. The number of nitrogens with two attached hydrogens (primary N) is 1. The molecular formula is C12H19N3O2. The van der Waals surface area contributed by atoms with Crippen molar-refractivity contribution < 1.29 is 4.79 Å². The fraction of sp³-hybridized carbons (Fsp3) is 0.500. The molecule has 1 aromatic heterocycles. The van der Waals surface area contributed by atoms with E-state index in [-0.39, 0.29) is 16.9 Å². The van der Waals surface area contributed by atoms with Gasteiger partial charge in [0, 0.05) is 25.9 Å². The summed E-state index contributed by atoms with van der Waals surface area (Å²) in [4.78, 5) is 27.0. The third kappa shape index (κ3) is 3.71. The molecule has 1 amide bonds. The molecule has 5 heteroatoms. The van der Waals surface area contributed by atoms with Crippen LogP contribution in [0.5, 0.6) is 0 Å². The van der Waals surface area contributed by atoms with Crippen molar-refractivity contribution in [1.29, 1.82) is 0 Å². The van der Waals surface area contributed by atoms with Crippen LogP contribution in [0.4, 0.5) is 0 Å². The SMILES string of the molecule is CN(CC(C)(C)CN)C(=O)c1ccc(=O)[nH]c1. The molecule has 1 aromatic rings. The van der Waals surface area contributed by atoms with Gasteiger partial charge in [0.25, 0.3) is 5.91 Å². The van der Waals surface area contributed by atoms with E-state index < -0.39 is 0 Å². The molecule has 0 aliphatic heterocycles. The number of hydrogen-bond donors (Lipinski definition) is 2. The van der Waals surface area contributed by atoms with Crippen molar-refractivity contribution in [3.8, 4) is 0 Å². The molecule has 0 bridgehead atoms. The van der Waals surface area contributed by atoms with Gasteiger partial charge in [-0.25, -0.2) is 0 Å². The largest absolute Gasteiger partial charge is 0.341 e. The van der Waals surface area contributed by atoms with Crippen molar-refractivity contribution in [2.45, 2.75) is 13.8 Å². The van der Waals surface area contributed by atoms with E-state index in [1.165, 1.54) is 18.3 Å². The summed E-state index contributed by atoms with van der Waals surface area (Å²) in [5.74, 6) is -0.122. The van der Waals surface area contributed by atoms with Gasteiger partial charge in [-0.05, 0) is 18.0 Å². The number of rotatable bonds is 4. The summed E-state index contributed by atoms with van der Waals surface area (Å²) in [6, 6.07) is 2.86. The van der Waals surface area contributed by atoms with Gasteiger partial charge < -0.3 is 15.6 Å². The molecule has 94 valence electrons. The van der Waals surface area contributed by atoms with Crippen molar-refractivity contribution in [3.05, 3.63) is 34.2 Å². The minimum atomic E-state index is -0.216. The molecule has 0 aliphatic carbocycles. The van der Waals surface area contributed by atoms with E-state index in [1.807, 2.05) is 13.8 Å². The van der Waals surface area contributed by atoms with E-state index >= 15 is 0 Å². The predicted octanol–water partition coefficient (Wildman–Crippen LogP) is 0.432. The first-order valence-electron chi connectivity index (χ1n) is 5.50. The fourth-order valence-corrected chi connectivity index (χ4v) is 1.54. The average molecular weight is 237 g/mol. The Labute approximate surface area is 101 Å². The highest BCUT2D eigenvalue weighted by Crippen LogP contribution is 2.15. The zero-order chi connectivity index (χ0) is 13.1. The Bertz CT molecular complexity index is 431. The van der Waals surface area contributed by atoms with E-state index in [0.29, 0.717) is 18.7 Å². The Balaban J connectivity index is 2.77. The third-order valence-corrected chi connectivity index (χ3v) is 2.60. The highest BCUT2D eigenvalue weighted by molar-refractivity contribution is 5.93. The van der Waals surface area contributed by atoms with Crippen molar-refractivity contribution in [1.82, 2.24) is 9.88 Å². The van der Waals surface area contributed by atoms with Gasteiger partial charge >= 0.3 is 0 Å². The molecule has 0 aromatic carbocycles. The summed E-state index contributed by atoms with van der Waals surface area (Å²) in [6.45, 7) is 5.09. The maximum absolute atomic E-state index is 12.0. The summed E-state index contributed by atoms with van der Waals surface area (Å²) < 4.78 is 0. The van der Waals surface area contributed by atoms with Gasteiger partial charge in [0.15, 0.2) is 0 Å². The van der Waals surface area contributed by atoms with Gasteiger partial charge in [0.2, 0.25) is 5.56 Å². The molecule has 3 N–H and O–H groups in total. The molecule has 1 heterocycles. The summed E-state index contributed by atoms with van der Waals surface area (Å²) in [5.41, 5.74) is 5.77. The van der Waals surface area contributed by atoms with Gasteiger partial charge in [0.1, 0.15) is 0 Å². The van der Waals surface area contributed by atoms with Gasteiger partial charge in [-0.2, -0.15) is 0 Å². The molecule has 0 saturated heterocycles. The second-order valence-corrected chi connectivity index (χ2v) is 4.97. The number of carbonyl (C=O) groups excluding carboxylic acids is 1. The Morgan fingerprint density at radius 2 is 2.12 bits per heavy atom. The van der Waals surface area contributed by atoms with Crippen LogP contribution in [-0.4, -0.2) is 35.9 Å². The van der Waals surface area contributed by atoms with Crippen LogP contribution in [0, 0.1) is 5.41 Å². The maximum Gasteiger partial charge on any atom is 0.255 e. The molecular weight excluding hydrogens is 218 g/mol. The first kappa shape index (κ1) is 13.4. The zero-order valence-electron chi connectivity index (χ0n) is 10.5. The number of carbonyl (C=O) groups is 1. The number of pyridine rings is 1. The van der Waals surface area contributed by atoms with Crippen LogP contribution in [-0.2, 0) is 0 Å². The topological polar surface area (TPSA) is 79.2 Å². The number of hydrogen-bond acceptors (Lipinski definition) is 3. The molecule has 0 saturated carbocycles. The first-order chi connectivity index (χ1) is 7.85. The molecule has 0 unspecified atom stereocenters. The number of aromatic nitrogens is 1. The lowest BCUT2D eigenvalue weighted by atomic mass is 9.93. The van der Waals surface area contributed by atoms with E-state index in [1.54, 1.807) is 11.9 Å². The van der Waals surface area contributed by atoms with E-state index in [0.717, 1.165) is 0 Å². The maximum atomic E-state index is 12.0. The lowest BCUT2D eigenvalue weighted by Crippen LogP contribution is -2.39. The van der Waals surface area contributed by atoms with Crippen molar-refractivity contribution in [2.24, 2.45) is 11.1 Å². The van der Waals surface area contributed by atoms with Gasteiger partial charge in [-0.3, -0.25) is 9.59 Å². The van der Waals surface area contributed by atoms with Gasteiger partial charge in [-0.15, -0.1) is 0 Å². The van der Waals surface area contributed by atoms with Gasteiger partial charge in [0.05, 0.1) is 5.56 Å². The normalized spacial score (nSPS) is 11.3. The smallest absolute Gasteiger partial charge is 0.255 e. The zero-order valence-corrected chi connectivity index (χ0v) is 10.5. The highest BCUT2D eigenvalue weighted by atomic mass is 16.2. The molecule has 0 radical (unpaired) electrons. The quantitative estimate of drug-likeness (QED) is 0.797. The number of nitrogens with one attached hydrogen (secondary N) is 1. The summed E-state index contributed by atoms with van der Waals surface area (Å²) in [6.07, 6.45) is 1.43. The molecule has 0 atom stereocenters. The van der Waals surface area contributed by atoms with Crippen molar-refractivity contribution in [2.75, 3.05) is 20.1 Å². The van der Waals surface area contributed by atoms with Crippen LogP contribution in [0.15, 0.2) is 23.1 Å². The standard InChI is InChI=1S/C12H19N3O2/c1-12(2,7-13)8-15(3)11(17)9-4-5-10(16)14-6-9/h4-6H,7-8,13H2,1-3H3,(H,14,16). The summed E-state index contributed by atoms with van der Waals surface area (Å²) >= 11 is 0. The molecule has 0 fully saturated rings. The Kier molecular flexibility index (Phi) is 4.07. The van der Waals surface area contributed by atoms with Gasteiger partial charge in [-0.1, -0.05) is 13.8 Å². The molecule has 17 heavy (non-hydrogen) atoms. The first-order valence-corrected chi connectivity index (χ1v) is 5.50. The summed E-state index contributed by atoms with van der Waals surface area (Å²) in [7, 11) is 1.73. The minimum absolute atomic E-state index is 0.118. The fourth-order valence-electron chi connectivity index (χ4n) is 1.54. The second-order valence-electron chi connectivity index (χ2n) is 4.97. The highest BCUT2D eigenvalue weighted by Gasteiger charge is 2.21. The molecule has 1 rings (SSSR count). The lowest BCUT2D eigenvalue weighted by molar-refractivity contribution is 0.0740. The van der Waals surface area contributed by atoms with Crippen LogP contribution < -0.4 is 11.3 Å². The number of nitrogens with zero attached hydrogens (tertiary/aromatic N) is 1. The van der Waals surface area contributed by atoms with E-state index in [9.17, 15) is 9.59 Å². The average Bonchev–Trinajstić information content (AvgIpc) is 2.28. The Morgan fingerprint density at radius 3 is 2.59 bits per heavy atom. The van der Waals surface area contributed by atoms with Crippen LogP contribution >= 0.6 is 0 Å². The number of aromatic amines is 1. The van der Waals surface area contributed by atoms with E-state index in [2.05, 4.69) is 4.98 Å². The van der Waals surface area contributed by atoms with Crippen LogP contribution in [0.3, 0.4) is 0 Å². The number of H-pyrrole nitrogens is 1. The molecule has 0 spiro atoms. The van der Waals surface area contributed by atoms with Crippen molar-refractivity contribution in [3.63, 3.8) is 0 Å². The predicted molar refractivity (Wildman–Crippen MR) is 66.9 cm³/mol. The van der Waals surface area contributed by atoms with Crippen LogP contribution in [0.2, 0.25) is 0 Å². The second kappa shape index (κ2) is 5.14. The summed E-state index contributed by atoms with van der Waals surface area (Å²) in [5, 5.41) is 0. The Hall–Kier alpha value is -1.62. The lowest BCUT2D eigenvalue weighted by Gasteiger charge is -2.29. The van der Waals surface area contributed by atoms with Crippen molar-refractivity contribution >= 4 is 5.91 Å². The van der Waals surface area contributed by atoms with Crippen LogP contribution in [0.25, 0.3) is 0 Å². The third-order valence-electron chi connectivity index (χ3n) is 2.60. The Morgan fingerprint density at radius 1 is 1.47 bits per heavy atom. The van der Waals surface area contributed by atoms with E-state index in [4.69, 9.17) is 5.73 Å². The molecule has 5 nitrogen and oxygen atoms in total. The molecule has 0 aliphatic rings. The monoisotopic (exact) mass is 237 g/mol.